The highest BCUT2D eigenvalue weighted by molar-refractivity contribution is 7.89. The lowest BCUT2D eigenvalue weighted by molar-refractivity contribution is 0.0692. The van der Waals surface area contributed by atoms with Gasteiger partial charge in [-0.2, -0.15) is 14.5 Å². The predicted octanol–water partition coefficient (Wildman–Crippen LogP) is 1.27. The topological polar surface area (TPSA) is 113 Å². The number of carbonyl (C=O) groups excluding carboxylic acids is 1. The number of sulfonamides is 1. The van der Waals surface area contributed by atoms with E-state index >= 15 is 0 Å². The molecule has 164 valence electrons. The summed E-state index contributed by atoms with van der Waals surface area (Å²) in [6.45, 7) is 2.77. The molecule has 31 heavy (non-hydrogen) atoms. The van der Waals surface area contributed by atoms with Crippen LogP contribution in [0.3, 0.4) is 0 Å². The molecule has 1 saturated heterocycles. The van der Waals surface area contributed by atoms with E-state index < -0.39 is 10.0 Å². The number of nitrogens with one attached hydrogen (secondary N) is 1. The molecule has 1 amide bonds. The van der Waals surface area contributed by atoms with Gasteiger partial charge in [0, 0.05) is 38.8 Å². The first-order chi connectivity index (χ1) is 14.8. The van der Waals surface area contributed by atoms with Crippen LogP contribution in [0.2, 0.25) is 0 Å². The molecular weight excluding hydrogens is 420 g/mol. The zero-order valence-electron chi connectivity index (χ0n) is 17.6. The molecule has 3 aromatic rings. The second-order valence-corrected chi connectivity index (χ2v) is 9.22. The van der Waals surface area contributed by atoms with Crippen LogP contribution in [-0.2, 0) is 17.1 Å². The van der Waals surface area contributed by atoms with Gasteiger partial charge in [0.1, 0.15) is 16.3 Å². The Balaban J connectivity index is 1.43. The molecule has 0 saturated carbocycles. The largest absolute Gasteiger partial charge is 0.497 e. The average Bonchev–Trinajstić information content (AvgIpc) is 3.41. The third-order valence-electron chi connectivity index (χ3n) is 5.53. The molecule has 0 spiro atoms. The Bertz CT molecular complexity index is 1190. The molecule has 0 aliphatic carbocycles. The summed E-state index contributed by atoms with van der Waals surface area (Å²) < 4.78 is 33.9. The van der Waals surface area contributed by atoms with Crippen LogP contribution in [0.15, 0.2) is 41.4 Å². The van der Waals surface area contributed by atoms with Crippen LogP contribution in [0.5, 0.6) is 5.75 Å². The van der Waals surface area contributed by atoms with Gasteiger partial charge in [0.25, 0.3) is 5.91 Å². The van der Waals surface area contributed by atoms with E-state index in [1.165, 1.54) is 15.2 Å². The van der Waals surface area contributed by atoms with Crippen molar-refractivity contribution in [2.75, 3.05) is 33.3 Å². The molecule has 1 aliphatic rings. The molecule has 4 rings (SSSR count). The number of nitrogens with zero attached hydrogens (tertiary/aromatic N) is 5. The highest BCUT2D eigenvalue weighted by Gasteiger charge is 2.33. The minimum absolute atomic E-state index is 0.201. The highest BCUT2D eigenvalue weighted by atomic mass is 32.2. The highest BCUT2D eigenvalue weighted by Crippen LogP contribution is 2.23. The first kappa shape index (κ1) is 21.1. The van der Waals surface area contributed by atoms with E-state index in [0.717, 1.165) is 11.3 Å². The molecule has 10 nitrogen and oxygen atoms in total. The zero-order valence-corrected chi connectivity index (χ0v) is 18.4. The molecule has 0 bridgehead atoms. The summed E-state index contributed by atoms with van der Waals surface area (Å²) in [5, 5.41) is 11.1. The second-order valence-electron chi connectivity index (χ2n) is 7.31. The summed E-state index contributed by atoms with van der Waals surface area (Å²) in [5.41, 5.74) is 2.46. The molecule has 0 radical (unpaired) electrons. The van der Waals surface area contributed by atoms with Gasteiger partial charge in [-0.15, -0.1) is 0 Å². The van der Waals surface area contributed by atoms with Crippen molar-refractivity contribution in [1.82, 2.24) is 29.2 Å². The van der Waals surface area contributed by atoms with Gasteiger partial charge in [-0.05, 0) is 37.3 Å². The van der Waals surface area contributed by atoms with Gasteiger partial charge < -0.3 is 9.64 Å². The van der Waals surface area contributed by atoms with E-state index in [2.05, 4.69) is 15.3 Å². The van der Waals surface area contributed by atoms with Gasteiger partial charge in [-0.1, -0.05) is 0 Å². The fourth-order valence-corrected chi connectivity index (χ4v) is 5.12. The summed E-state index contributed by atoms with van der Waals surface area (Å²) in [6, 6.07) is 9.09. The maximum Gasteiger partial charge on any atom is 0.271 e. The molecule has 1 aromatic carbocycles. The van der Waals surface area contributed by atoms with Crippen LogP contribution < -0.4 is 4.74 Å². The van der Waals surface area contributed by atoms with Crippen molar-refractivity contribution < 1.29 is 17.9 Å². The number of benzene rings is 1. The van der Waals surface area contributed by atoms with E-state index in [9.17, 15) is 13.2 Å². The Kier molecular flexibility index (Phi) is 5.54. The Labute approximate surface area is 180 Å². The first-order valence-corrected chi connectivity index (χ1v) is 11.2. The summed E-state index contributed by atoms with van der Waals surface area (Å²) in [4.78, 5) is 14.7. The van der Waals surface area contributed by atoms with Crippen LogP contribution in [-0.4, -0.2) is 76.8 Å². The standard InChI is InChI=1S/C20H24N6O4S/c1-14-19(13-21-24(14)2)31(28,29)26-10-8-25(9-11-26)20(27)18-12-17(22-23-18)15-4-6-16(30-3)7-5-15/h4-7,12-13H,8-11H2,1-3H3,(H,22,23). The van der Waals surface area contributed by atoms with E-state index in [1.807, 2.05) is 24.3 Å². The number of aromatic nitrogens is 4. The number of piperazine rings is 1. The zero-order chi connectivity index (χ0) is 22.2. The van der Waals surface area contributed by atoms with Crippen LogP contribution in [0.25, 0.3) is 11.3 Å². The van der Waals surface area contributed by atoms with E-state index in [4.69, 9.17) is 4.74 Å². The Morgan fingerprint density at radius 2 is 1.81 bits per heavy atom. The molecule has 1 fully saturated rings. The summed E-state index contributed by atoms with van der Waals surface area (Å²) >= 11 is 0. The molecule has 2 aromatic heterocycles. The van der Waals surface area contributed by atoms with Crippen molar-refractivity contribution in [2.45, 2.75) is 11.8 Å². The maximum atomic E-state index is 12.9. The third kappa shape index (κ3) is 3.93. The Morgan fingerprint density at radius 1 is 1.13 bits per heavy atom. The van der Waals surface area contributed by atoms with Crippen LogP contribution >= 0.6 is 0 Å². The number of H-pyrrole nitrogens is 1. The van der Waals surface area contributed by atoms with Crippen molar-refractivity contribution in [1.29, 1.82) is 0 Å². The van der Waals surface area contributed by atoms with Gasteiger partial charge in [-0.3, -0.25) is 14.6 Å². The van der Waals surface area contributed by atoms with Crippen molar-refractivity contribution in [3.63, 3.8) is 0 Å². The smallest absolute Gasteiger partial charge is 0.271 e. The predicted molar refractivity (Wildman–Crippen MR) is 113 cm³/mol. The Morgan fingerprint density at radius 3 is 2.39 bits per heavy atom. The molecular formula is C20H24N6O4S. The molecule has 1 N–H and O–H groups in total. The third-order valence-corrected chi connectivity index (χ3v) is 7.53. The van der Waals surface area contributed by atoms with Gasteiger partial charge in [0.05, 0.1) is 24.7 Å². The fraction of sp³-hybridized carbons (Fsp3) is 0.350. The van der Waals surface area contributed by atoms with Crippen LogP contribution in [0.4, 0.5) is 0 Å². The number of hydrogen-bond acceptors (Lipinski definition) is 6. The molecule has 0 unspecified atom stereocenters. The van der Waals surface area contributed by atoms with Crippen LogP contribution in [0.1, 0.15) is 16.2 Å². The van der Waals surface area contributed by atoms with Gasteiger partial charge in [0.2, 0.25) is 10.0 Å². The number of amides is 1. The van der Waals surface area contributed by atoms with Crippen LogP contribution in [0, 0.1) is 6.92 Å². The summed E-state index contributed by atoms with van der Waals surface area (Å²) in [6.07, 6.45) is 1.37. The number of hydrogen-bond donors (Lipinski definition) is 1. The lowest BCUT2D eigenvalue weighted by atomic mass is 10.1. The van der Waals surface area contributed by atoms with Gasteiger partial charge in [0.15, 0.2) is 0 Å². The van der Waals surface area contributed by atoms with Crippen molar-refractivity contribution >= 4 is 15.9 Å². The quantitative estimate of drug-likeness (QED) is 0.634. The maximum absolute atomic E-state index is 12.9. The number of aromatic amines is 1. The number of aryl methyl sites for hydroxylation is 1. The number of methoxy groups -OCH3 is 1. The Hall–Kier alpha value is -3.18. The number of rotatable bonds is 5. The summed E-state index contributed by atoms with van der Waals surface area (Å²) in [5.74, 6) is 0.534. The fourth-order valence-electron chi connectivity index (χ4n) is 3.51. The molecule has 11 heteroatoms. The van der Waals surface area contributed by atoms with Crippen molar-refractivity contribution in [3.05, 3.63) is 47.9 Å². The average molecular weight is 445 g/mol. The summed E-state index contributed by atoms with van der Waals surface area (Å²) in [7, 11) is -0.337. The second kappa shape index (κ2) is 8.16. The number of carbonyl (C=O) groups is 1. The van der Waals surface area contributed by atoms with E-state index in [0.29, 0.717) is 30.2 Å². The van der Waals surface area contributed by atoms with Crippen molar-refractivity contribution in [2.24, 2.45) is 7.05 Å². The minimum Gasteiger partial charge on any atom is -0.497 e. The van der Waals surface area contributed by atoms with Gasteiger partial charge in [-0.25, -0.2) is 8.42 Å². The lowest BCUT2D eigenvalue weighted by Crippen LogP contribution is -2.50. The molecule has 3 heterocycles. The van der Waals surface area contributed by atoms with E-state index in [1.54, 1.807) is 32.0 Å². The number of ether oxygens (including phenoxy) is 1. The van der Waals surface area contributed by atoms with Crippen molar-refractivity contribution in [3.8, 4) is 17.0 Å². The molecule has 1 aliphatic heterocycles. The minimum atomic E-state index is -3.64. The lowest BCUT2D eigenvalue weighted by Gasteiger charge is -2.33. The molecule has 0 atom stereocenters. The monoisotopic (exact) mass is 444 g/mol. The van der Waals surface area contributed by atoms with Gasteiger partial charge >= 0.3 is 0 Å². The normalized spacial score (nSPS) is 15.3. The first-order valence-electron chi connectivity index (χ1n) is 9.79. The SMILES string of the molecule is COc1ccc(-c2cc(C(=O)N3CCN(S(=O)(=O)c4cnn(C)c4C)CC3)[nH]n2)cc1. The van der Waals surface area contributed by atoms with E-state index in [-0.39, 0.29) is 23.9 Å².